The van der Waals surface area contributed by atoms with Gasteiger partial charge in [-0.25, -0.2) is 0 Å². The average Bonchev–Trinajstić information content (AvgIpc) is 2.90. The number of carbonyl (C=O) groups excluding carboxylic acids is 1. The Bertz CT molecular complexity index is 723. The number of furan rings is 1. The topological polar surface area (TPSA) is 42.2 Å². The van der Waals surface area contributed by atoms with Crippen molar-refractivity contribution in [3.63, 3.8) is 0 Å². The highest BCUT2D eigenvalue weighted by Gasteiger charge is 2.06. The molecular weight excluding hydrogens is 262 g/mol. The standard InChI is InChI=1S/C18H17NO2/c1-13-6-8-14(9-7-13)18(20)19-11-10-16-12-15-4-2-3-5-17(15)21-16/h2-9,12H,10-11H2,1H3,(H,19,20). The average molecular weight is 279 g/mol. The highest BCUT2D eigenvalue weighted by atomic mass is 16.3. The van der Waals surface area contributed by atoms with E-state index in [0.29, 0.717) is 18.5 Å². The first-order valence-electron chi connectivity index (χ1n) is 7.05. The van der Waals surface area contributed by atoms with Crippen molar-refractivity contribution in [2.75, 3.05) is 6.54 Å². The van der Waals surface area contributed by atoms with Gasteiger partial charge in [-0.15, -0.1) is 0 Å². The molecule has 1 aromatic heterocycles. The van der Waals surface area contributed by atoms with Gasteiger partial charge in [0.15, 0.2) is 0 Å². The van der Waals surface area contributed by atoms with Gasteiger partial charge in [0.05, 0.1) is 0 Å². The molecule has 0 aliphatic heterocycles. The van der Waals surface area contributed by atoms with Crippen LogP contribution >= 0.6 is 0 Å². The lowest BCUT2D eigenvalue weighted by Gasteiger charge is -2.04. The van der Waals surface area contributed by atoms with Crippen LogP contribution in [0.3, 0.4) is 0 Å². The first-order valence-corrected chi connectivity index (χ1v) is 7.05. The summed E-state index contributed by atoms with van der Waals surface area (Å²) in [4.78, 5) is 12.0. The van der Waals surface area contributed by atoms with Gasteiger partial charge in [-0.05, 0) is 31.2 Å². The van der Waals surface area contributed by atoms with E-state index in [1.165, 1.54) is 0 Å². The van der Waals surface area contributed by atoms with Gasteiger partial charge in [0.25, 0.3) is 5.91 Å². The third kappa shape index (κ3) is 3.14. The third-order valence-electron chi connectivity index (χ3n) is 3.45. The van der Waals surface area contributed by atoms with E-state index in [4.69, 9.17) is 4.42 Å². The van der Waals surface area contributed by atoms with Crippen molar-refractivity contribution in [2.24, 2.45) is 0 Å². The van der Waals surface area contributed by atoms with Crippen LogP contribution in [-0.4, -0.2) is 12.5 Å². The van der Waals surface area contributed by atoms with Crippen LogP contribution < -0.4 is 5.32 Å². The zero-order chi connectivity index (χ0) is 14.7. The molecule has 0 bridgehead atoms. The monoisotopic (exact) mass is 279 g/mol. The normalized spacial score (nSPS) is 10.7. The van der Waals surface area contributed by atoms with E-state index >= 15 is 0 Å². The minimum absolute atomic E-state index is 0.0499. The summed E-state index contributed by atoms with van der Waals surface area (Å²) in [7, 11) is 0. The highest BCUT2D eigenvalue weighted by Crippen LogP contribution is 2.18. The molecule has 0 unspecified atom stereocenters. The second-order valence-electron chi connectivity index (χ2n) is 5.12. The summed E-state index contributed by atoms with van der Waals surface area (Å²) in [6, 6.07) is 17.5. The van der Waals surface area contributed by atoms with Crippen LogP contribution in [0.5, 0.6) is 0 Å². The number of aryl methyl sites for hydroxylation is 1. The number of hydrogen-bond donors (Lipinski definition) is 1. The summed E-state index contributed by atoms with van der Waals surface area (Å²) in [6.07, 6.45) is 0.687. The van der Waals surface area contributed by atoms with Gasteiger partial charge in [0.1, 0.15) is 11.3 Å². The Morgan fingerprint density at radius 3 is 2.62 bits per heavy atom. The minimum atomic E-state index is -0.0499. The van der Waals surface area contributed by atoms with Gasteiger partial charge in [-0.3, -0.25) is 4.79 Å². The molecule has 1 heterocycles. The molecular formula is C18H17NO2. The fourth-order valence-electron chi connectivity index (χ4n) is 2.27. The summed E-state index contributed by atoms with van der Waals surface area (Å²) < 4.78 is 5.72. The number of fused-ring (bicyclic) bond motifs is 1. The van der Waals surface area contributed by atoms with E-state index in [0.717, 1.165) is 22.3 Å². The molecule has 1 amide bonds. The van der Waals surface area contributed by atoms with E-state index < -0.39 is 0 Å². The summed E-state index contributed by atoms with van der Waals surface area (Å²) in [5, 5.41) is 4.01. The van der Waals surface area contributed by atoms with E-state index in [1.807, 2.05) is 61.5 Å². The van der Waals surface area contributed by atoms with Crippen LogP contribution in [0, 0.1) is 6.92 Å². The minimum Gasteiger partial charge on any atom is -0.461 e. The number of nitrogens with one attached hydrogen (secondary N) is 1. The Hall–Kier alpha value is -2.55. The van der Waals surface area contributed by atoms with Crippen LogP contribution in [0.4, 0.5) is 0 Å². The predicted octanol–water partition coefficient (Wildman–Crippen LogP) is 3.71. The molecule has 1 N–H and O–H groups in total. The summed E-state index contributed by atoms with van der Waals surface area (Å²) in [5.41, 5.74) is 2.72. The molecule has 0 saturated carbocycles. The van der Waals surface area contributed by atoms with Crippen molar-refractivity contribution in [3.05, 3.63) is 71.5 Å². The molecule has 3 nitrogen and oxygen atoms in total. The van der Waals surface area contributed by atoms with Crippen LogP contribution in [0.25, 0.3) is 11.0 Å². The number of amides is 1. The van der Waals surface area contributed by atoms with Crippen molar-refractivity contribution < 1.29 is 9.21 Å². The zero-order valence-corrected chi connectivity index (χ0v) is 11.9. The maximum atomic E-state index is 12.0. The molecule has 0 aliphatic rings. The summed E-state index contributed by atoms with van der Waals surface area (Å²) in [6.45, 7) is 2.57. The summed E-state index contributed by atoms with van der Waals surface area (Å²) >= 11 is 0. The van der Waals surface area contributed by atoms with Gasteiger partial charge >= 0.3 is 0 Å². The number of hydrogen-bond acceptors (Lipinski definition) is 2. The Morgan fingerprint density at radius 1 is 1.10 bits per heavy atom. The largest absolute Gasteiger partial charge is 0.461 e. The smallest absolute Gasteiger partial charge is 0.251 e. The molecule has 0 radical (unpaired) electrons. The van der Waals surface area contributed by atoms with Gasteiger partial charge in [0, 0.05) is 23.9 Å². The van der Waals surface area contributed by atoms with Crippen LogP contribution in [0.15, 0.2) is 59.0 Å². The molecule has 2 aromatic carbocycles. The lowest BCUT2D eigenvalue weighted by Crippen LogP contribution is -2.25. The van der Waals surface area contributed by atoms with Gasteiger partial charge in [0.2, 0.25) is 0 Å². The number of benzene rings is 2. The molecule has 3 rings (SSSR count). The van der Waals surface area contributed by atoms with Gasteiger partial charge in [-0.2, -0.15) is 0 Å². The quantitative estimate of drug-likeness (QED) is 0.791. The van der Waals surface area contributed by atoms with E-state index in [-0.39, 0.29) is 5.91 Å². The molecule has 0 aliphatic carbocycles. The molecule has 21 heavy (non-hydrogen) atoms. The Morgan fingerprint density at radius 2 is 1.86 bits per heavy atom. The number of para-hydroxylation sites is 1. The lowest BCUT2D eigenvalue weighted by molar-refractivity contribution is 0.0954. The van der Waals surface area contributed by atoms with Crippen LogP contribution in [-0.2, 0) is 6.42 Å². The molecule has 0 fully saturated rings. The fourth-order valence-corrected chi connectivity index (χ4v) is 2.27. The molecule has 0 spiro atoms. The van der Waals surface area contributed by atoms with Gasteiger partial charge in [-0.1, -0.05) is 35.9 Å². The number of carbonyl (C=O) groups is 1. The van der Waals surface area contributed by atoms with Crippen LogP contribution in [0.1, 0.15) is 21.7 Å². The van der Waals surface area contributed by atoms with E-state index in [1.54, 1.807) is 0 Å². The number of rotatable bonds is 4. The predicted molar refractivity (Wildman–Crippen MR) is 83.4 cm³/mol. The first kappa shape index (κ1) is 13.4. The highest BCUT2D eigenvalue weighted by molar-refractivity contribution is 5.94. The van der Waals surface area contributed by atoms with Gasteiger partial charge < -0.3 is 9.73 Å². The maximum Gasteiger partial charge on any atom is 0.251 e. The molecule has 3 heteroatoms. The molecule has 3 aromatic rings. The second-order valence-corrected chi connectivity index (χ2v) is 5.12. The SMILES string of the molecule is Cc1ccc(C(=O)NCCc2cc3ccccc3o2)cc1. The molecule has 0 saturated heterocycles. The first-order chi connectivity index (χ1) is 10.2. The van der Waals surface area contributed by atoms with E-state index in [2.05, 4.69) is 5.32 Å². The Labute approximate surface area is 123 Å². The lowest BCUT2D eigenvalue weighted by atomic mass is 10.1. The molecule has 0 atom stereocenters. The fraction of sp³-hybridized carbons (Fsp3) is 0.167. The van der Waals surface area contributed by atoms with Crippen molar-refractivity contribution in [2.45, 2.75) is 13.3 Å². The Kier molecular flexibility index (Phi) is 3.73. The van der Waals surface area contributed by atoms with Crippen molar-refractivity contribution in [1.82, 2.24) is 5.32 Å². The van der Waals surface area contributed by atoms with Crippen molar-refractivity contribution in [1.29, 1.82) is 0 Å². The third-order valence-corrected chi connectivity index (χ3v) is 3.45. The van der Waals surface area contributed by atoms with Crippen molar-refractivity contribution >= 4 is 16.9 Å². The maximum absolute atomic E-state index is 12.0. The van der Waals surface area contributed by atoms with Crippen LogP contribution in [0.2, 0.25) is 0 Å². The van der Waals surface area contributed by atoms with E-state index in [9.17, 15) is 4.79 Å². The molecule has 106 valence electrons. The van der Waals surface area contributed by atoms with Crippen molar-refractivity contribution in [3.8, 4) is 0 Å². The second kappa shape index (κ2) is 5.83. The Balaban J connectivity index is 1.58. The summed E-state index contributed by atoms with van der Waals surface area (Å²) in [5.74, 6) is 0.839. The zero-order valence-electron chi connectivity index (χ0n) is 11.9.